The Balaban J connectivity index is 1.72. The Bertz CT molecular complexity index is 1310. The lowest BCUT2D eigenvalue weighted by atomic mass is 10.1. The predicted octanol–water partition coefficient (Wildman–Crippen LogP) is 5.22. The number of nitrogens with one attached hydrogen (secondary N) is 2. The van der Waals surface area contributed by atoms with Gasteiger partial charge in [-0.05, 0) is 49.4 Å². The molecule has 0 aliphatic rings. The maximum Gasteiger partial charge on any atom is 0.253 e. The van der Waals surface area contributed by atoms with E-state index in [1.807, 2.05) is 12.1 Å². The third-order valence-electron chi connectivity index (χ3n) is 5.10. The van der Waals surface area contributed by atoms with Crippen molar-refractivity contribution in [3.05, 3.63) is 72.6 Å². The molecule has 0 saturated heterocycles. The second-order valence-electron chi connectivity index (χ2n) is 7.77. The van der Waals surface area contributed by atoms with E-state index in [9.17, 15) is 13.6 Å². The number of aromatic nitrogens is 3. The topological polar surface area (TPSA) is 89.0 Å². The molecule has 0 bridgehead atoms. The highest BCUT2D eigenvalue weighted by molar-refractivity contribution is 6.02. The minimum atomic E-state index is -2.85. The Kier molecular flexibility index (Phi) is 6.62. The zero-order valence-corrected chi connectivity index (χ0v) is 18.7. The van der Waals surface area contributed by atoms with Crippen LogP contribution in [-0.4, -0.2) is 40.4 Å². The first-order valence-electron chi connectivity index (χ1n) is 10.6. The normalized spacial score (nSPS) is 11.3. The molecule has 1 amide bonds. The molecule has 0 atom stereocenters. The van der Waals surface area contributed by atoms with Gasteiger partial charge in [-0.15, -0.1) is 0 Å². The van der Waals surface area contributed by atoms with Crippen LogP contribution >= 0.6 is 0 Å². The number of hydrogen-bond donors (Lipinski definition) is 2. The molecule has 0 aliphatic heterocycles. The maximum atomic E-state index is 13.1. The van der Waals surface area contributed by atoms with Crippen LogP contribution in [0.2, 0.25) is 0 Å². The summed E-state index contributed by atoms with van der Waals surface area (Å²) in [5.41, 5.74) is 2.18. The van der Waals surface area contributed by atoms with Crippen molar-refractivity contribution < 1.29 is 18.3 Å². The monoisotopic (exact) mass is 463 g/mol. The summed E-state index contributed by atoms with van der Waals surface area (Å²) in [6.45, 7) is 0.679. The second kappa shape index (κ2) is 9.78. The van der Waals surface area contributed by atoms with Crippen molar-refractivity contribution in [2.24, 2.45) is 0 Å². The van der Waals surface area contributed by atoms with Crippen LogP contribution in [-0.2, 0) is 0 Å². The van der Waals surface area contributed by atoms with Gasteiger partial charge in [0.05, 0.1) is 23.9 Å². The molecule has 0 unspecified atom stereocenters. The molecule has 34 heavy (non-hydrogen) atoms. The van der Waals surface area contributed by atoms with Crippen molar-refractivity contribution in [2.45, 2.75) is 19.3 Å². The van der Waals surface area contributed by atoms with Gasteiger partial charge in [0.2, 0.25) is 5.92 Å². The van der Waals surface area contributed by atoms with Crippen molar-refractivity contribution >= 4 is 28.3 Å². The highest BCUT2D eigenvalue weighted by atomic mass is 19.3. The van der Waals surface area contributed by atoms with Gasteiger partial charge in [-0.2, -0.15) is 0 Å². The molecule has 9 heteroatoms. The summed E-state index contributed by atoms with van der Waals surface area (Å²) in [6, 6.07) is 15.9. The number of hydrogen-bond acceptors (Lipinski definition) is 6. The molecular formula is C25H23F2N5O2. The number of halogens is 2. The Morgan fingerprint density at radius 2 is 1.91 bits per heavy atom. The molecule has 2 heterocycles. The number of para-hydroxylation sites is 1. The molecular weight excluding hydrogens is 440 g/mol. The SMILES string of the molecule is COc1ccc2nc(-c3cccnc3)nc(Nc3ccccc3C(=O)NCCC(C)(F)F)c2c1. The summed E-state index contributed by atoms with van der Waals surface area (Å²) in [6.07, 6.45) is 2.89. The number of nitrogens with zero attached hydrogens (tertiary/aromatic N) is 3. The molecule has 4 rings (SSSR count). The third kappa shape index (κ3) is 5.43. The molecule has 7 nitrogen and oxygen atoms in total. The molecule has 0 radical (unpaired) electrons. The standard InChI is InChI=1S/C25H23F2N5O2/c1-25(26,27)11-13-29-24(33)18-7-3-4-8-20(18)31-23-19-14-17(34-2)9-10-21(19)30-22(32-23)16-6-5-12-28-15-16/h3-10,12,14-15H,11,13H2,1-2H3,(H,29,33)(H,30,31,32). The number of pyridine rings is 1. The van der Waals surface area contributed by atoms with Gasteiger partial charge in [0.1, 0.15) is 11.6 Å². The van der Waals surface area contributed by atoms with Crippen LogP contribution in [0.4, 0.5) is 20.3 Å². The number of carbonyl (C=O) groups is 1. The number of carbonyl (C=O) groups excluding carboxylic acids is 1. The van der Waals surface area contributed by atoms with Crippen LogP contribution in [0.5, 0.6) is 5.75 Å². The summed E-state index contributed by atoms with van der Waals surface area (Å²) in [4.78, 5) is 26.2. The largest absolute Gasteiger partial charge is 0.497 e. The van der Waals surface area contributed by atoms with Gasteiger partial charge in [0.25, 0.3) is 5.91 Å². The van der Waals surface area contributed by atoms with Crippen molar-refractivity contribution in [2.75, 3.05) is 19.0 Å². The van der Waals surface area contributed by atoms with Gasteiger partial charge in [0.15, 0.2) is 5.82 Å². The summed E-state index contributed by atoms with van der Waals surface area (Å²) >= 11 is 0. The fourth-order valence-corrected chi connectivity index (χ4v) is 3.36. The number of fused-ring (bicyclic) bond motifs is 1. The summed E-state index contributed by atoms with van der Waals surface area (Å²) in [7, 11) is 1.57. The van der Waals surface area contributed by atoms with Crippen molar-refractivity contribution in [3.63, 3.8) is 0 Å². The zero-order chi connectivity index (χ0) is 24.1. The lowest BCUT2D eigenvalue weighted by molar-refractivity contribution is 0.0137. The summed E-state index contributed by atoms with van der Waals surface area (Å²) < 4.78 is 31.6. The second-order valence-corrected chi connectivity index (χ2v) is 7.77. The first-order valence-corrected chi connectivity index (χ1v) is 10.6. The molecule has 0 aliphatic carbocycles. The molecule has 4 aromatic rings. The van der Waals surface area contributed by atoms with Gasteiger partial charge in [-0.25, -0.2) is 18.7 Å². The molecule has 2 aromatic heterocycles. The number of anilines is 2. The molecule has 0 spiro atoms. The van der Waals surface area contributed by atoms with Gasteiger partial charge in [0, 0.05) is 36.3 Å². The van der Waals surface area contributed by atoms with Crippen LogP contribution in [0, 0.1) is 0 Å². The first-order chi connectivity index (χ1) is 16.3. The number of amides is 1. The number of alkyl halides is 2. The Labute approximate surface area is 195 Å². The Hall–Kier alpha value is -4.14. The lowest BCUT2D eigenvalue weighted by Gasteiger charge is -2.15. The van der Waals surface area contributed by atoms with E-state index in [-0.39, 0.29) is 6.54 Å². The van der Waals surface area contributed by atoms with Crippen LogP contribution in [0.1, 0.15) is 23.7 Å². The first kappa shape index (κ1) is 23.0. The molecule has 2 N–H and O–H groups in total. The molecule has 174 valence electrons. The van der Waals surface area contributed by atoms with Gasteiger partial charge >= 0.3 is 0 Å². The van der Waals surface area contributed by atoms with Crippen molar-refractivity contribution in [1.82, 2.24) is 20.3 Å². The van der Waals surface area contributed by atoms with E-state index >= 15 is 0 Å². The molecule has 0 fully saturated rings. The van der Waals surface area contributed by atoms with Crippen molar-refractivity contribution in [3.8, 4) is 17.1 Å². The minimum Gasteiger partial charge on any atom is -0.497 e. The van der Waals surface area contributed by atoms with E-state index in [0.717, 1.165) is 12.5 Å². The van der Waals surface area contributed by atoms with E-state index in [4.69, 9.17) is 4.74 Å². The quantitative estimate of drug-likeness (QED) is 0.373. The smallest absolute Gasteiger partial charge is 0.253 e. The van der Waals surface area contributed by atoms with Crippen LogP contribution in [0.15, 0.2) is 67.0 Å². The molecule has 2 aromatic carbocycles. The number of ether oxygens (including phenoxy) is 1. The fourth-order valence-electron chi connectivity index (χ4n) is 3.36. The third-order valence-corrected chi connectivity index (χ3v) is 5.10. The van der Waals surface area contributed by atoms with E-state index in [1.165, 1.54) is 0 Å². The van der Waals surface area contributed by atoms with E-state index in [1.54, 1.807) is 62.0 Å². The minimum absolute atomic E-state index is 0.143. The average Bonchev–Trinajstić information content (AvgIpc) is 2.83. The maximum absolute atomic E-state index is 13.1. The van der Waals surface area contributed by atoms with Gasteiger partial charge in [-0.1, -0.05) is 12.1 Å². The van der Waals surface area contributed by atoms with Crippen molar-refractivity contribution in [1.29, 1.82) is 0 Å². The van der Waals surface area contributed by atoms with E-state index in [0.29, 0.717) is 39.5 Å². The van der Waals surface area contributed by atoms with Gasteiger partial charge in [-0.3, -0.25) is 9.78 Å². The Morgan fingerprint density at radius 3 is 2.65 bits per heavy atom. The van der Waals surface area contributed by atoms with E-state index < -0.39 is 18.3 Å². The van der Waals surface area contributed by atoms with Crippen LogP contribution in [0.3, 0.4) is 0 Å². The van der Waals surface area contributed by atoms with E-state index in [2.05, 4.69) is 25.6 Å². The highest BCUT2D eigenvalue weighted by Gasteiger charge is 2.21. The average molecular weight is 463 g/mol. The lowest BCUT2D eigenvalue weighted by Crippen LogP contribution is -2.28. The summed E-state index contributed by atoms with van der Waals surface area (Å²) in [5.74, 6) is -1.77. The number of benzene rings is 2. The summed E-state index contributed by atoms with van der Waals surface area (Å²) in [5, 5.41) is 6.47. The predicted molar refractivity (Wildman–Crippen MR) is 127 cm³/mol. The Morgan fingerprint density at radius 1 is 1.09 bits per heavy atom. The number of rotatable bonds is 8. The van der Waals surface area contributed by atoms with Crippen LogP contribution in [0.25, 0.3) is 22.3 Å². The van der Waals surface area contributed by atoms with Gasteiger partial charge < -0.3 is 15.4 Å². The number of methoxy groups -OCH3 is 1. The zero-order valence-electron chi connectivity index (χ0n) is 18.7. The molecule has 0 saturated carbocycles. The van der Waals surface area contributed by atoms with Crippen LogP contribution < -0.4 is 15.4 Å². The highest BCUT2D eigenvalue weighted by Crippen LogP contribution is 2.31. The fraction of sp³-hybridized carbons (Fsp3) is 0.200.